The topological polar surface area (TPSA) is 55.4 Å². The quantitative estimate of drug-likeness (QED) is 0.552. The molecule has 0 spiro atoms. The molecule has 0 amide bonds. The second kappa shape index (κ2) is 9.11. The lowest BCUT2D eigenvalue weighted by Gasteiger charge is -2.25. The predicted molar refractivity (Wildman–Crippen MR) is 124 cm³/mol. The summed E-state index contributed by atoms with van der Waals surface area (Å²) < 4.78 is 11.8. The number of benzene rings is 2. The molecule has 2 fully saturated rings. The molecule has 2 N–H and O–H groups in total. The summed E-state index contributed by atoms with van der Waals surface area (Å²) in [6.45, 7) is 2.07. The van der Waals surface area contributed by atoms with Crippen LogP contribution in [0.4, 0.5) is 11.5 Å². The van der Waals surface area contributed by atoms with Gasteiger partial charge in [0.05, 0.1) is 7.11 Å². The fraction of sp³-hybridized carbons (Fsp3) is 0.375. The number of fused-ring (bicyclic) bond motifs is 1. The maximum atomic E-state index is 6.49. The first-order valence-electron chi connectivity index (χ1n) is 10.5. The zero-order valence-electron chi connectivity index (χ0n) is 17.2. The van der Waals surface area contributed by atoms with Gasteiger partial charge in [0, 0.05) is 28.9 Å². The lowest BCUT2D eigenvalue weighted by atomic mass is 10.0. The van der Waals surface area contributed by atoms with Crippen molar-refractivity contribution in [3.63, 3.8) is 0 Å². The molecule has 0 bridgehead atoms. The van der Waals surface area contributed by atoms with Crippen molar-refractivity contribution in [3.8, 4) is 11.5 Å². The van der Waals surface area contributed by atoms with Crippen LogP contribution in [0.1, 0.15) is 37.2 Å². The standard InChI is InChI=1S/C24H27N3O2.ClH/c1-28-20-4-2-3-18(13-20)27-23-14-21-17(15-26-23)7-8-22(24(21)16-5-6-16)29-19-9-11-25-12-10-19;/h2-4,7-8,13-16,19,25H,5-6,9-12H2,1H3,(H,26,27);1H. The summed E-state index contributed by atoms with van der Waals surface area (Å²) >= 11 is 0. The highest BCUT2D eigenvalue weighted by Gasteiger charge is 2.30. The number of pyridine rings is 1. The molecule has 2 aliphatic rings. The minimum absolute atomic E-state index is 0. The Bertz CT molecular complexity index is 1020. The van der Waals surface area contributed by atoms with Crippen LogP contribution >= 0.6 is 12.4 Å². The van der Waals surface area contributed by atoms with Gasteiger partial charge >= 0.3 is 0 Å². The summed E-state index contributed by atoms with van der Waals surface area (Å²) in [5, 5.41) is 9.25. The van der Waals surface area contributed by atoms with Gasteiger partial charge < -0.3 is 20.1 Å². The fourth-order valence-electron chi connectivity index (χ4n) is 4.13. The van der Waals surface area contributed by atoms with Crippen molar-refractivity contribution in [1.29, 1.82) is 0 Å². The monoisotopic (exact) mass is 425 g/mol. The minimum atomic E-state index is 0. The SMILES string of the molecule is COc1cccc(Nc2cc3c(C4CC4)c(OC4CCNCC4)ccc3cn2)c1.Cl. The van der Waals surface area contributed by atoms with E-state index in [1.807, 2.05) is 30.5 Å². The number of methoxy groups -OCH3 is 1. The van der Waals surface area contributed by atoms with Crippen molar-refractivity contribution >= 4 is 34.7 Å². The molecule has 3 aromatic rings. The number of nitrogens with zero attached hydrogens (tertiary/aromatic N) is 1. The van der Waals surface area contributed by atoms with Crippen molar-refractivity contribution in [2.24, 2.45) is 0 Å². The molecule has 2 aromatic carbocycles. The molecule has 158 valence electrons. The van der Waals surface area contributed by atoms with Crippen LogP contribution in [0.15, 0.2) is 48.7 Å². The Morgan fingerprint density at radius 1 is 1.03 bits per heavy atom. The van der Waals surface area contributed by atoms with Gasteiger partial charge in [-0.15, -0.1) is 12.4 Å². The third-order valence-electron chi connectivity index (χ3n) is 5.81. The number of anilines is 2. The normalized spacial score (nSPS) is 16.7. The predicted octanol–water partition coefficient (Wildman–Crippen LogP) is 5.42. The smallest absolute Gasteiger partial charge is 0.130 e. The molecule has 0 atom stereocenters. The van der Waals surface area contributed by atoms with Crippen LogP contribution in [0.25, 0.3) is 10.8 Å². The maximum absolute atomic E-state index is 6.49. The summed E-state index contributed by atoms with van der Waals surface area (Å²) in [7, 11) is 1.68. The van der Waals surface area contributed by atoms with Crippen LogP contribution in [0.2, 0.25) is 0 Å². The molecular formula is C24H28ClN3O2. The summed E-state index contributed by atoms with van der Waals surface area (Å²) in [6.07, 6.45) is 6.88. The number of nitrogens with one attached hydrogen (secondary N) is 2. The average molecular weight is 426 g/mol. The first kappa shape index (κ1) is 20.8. The van der Waals surface area contributed by atoms with E-state index >= 15 is 0 Å². The second-order valence-corrected chi connectivity index (χ2v) is 7.97. The number of rotatable bonds is 6. The molecule has 5 nitrogen and oxygen atoms in total. The fourth-order valence-corrected chi connectivity index (χ4v) is 4.13. The third-order valence-corrected chi connectivity index (χ3v) is 5.81. The zero-order chi connectivity index (χ0) is 19.6. The minimum Gasteiger partial charge on any atom is -0.497 e. The molecule has 1 aliphatic carbocycles. The molecule has 6 heteroatoms. The van der Waals surface area contributed by atoms with Gasteiger partial charge in [0.1, 0.15) is 23.4 Å². The van der Waals surface area contributed by atoms with Gasteiger partial charge in [-0.05, 0) is 80.4 Å². The van der Waals surface area contributed by atoms with Crippen molar-refractivity contribution in [3.05, 3.63) is 54.2 Å². The molecule has 1 aliphatic heterocycles. The third kappa shape index (κ3) is 4.47. The van der Waals surface area contributed by atoms with E-state index in [0.29, 0.717) is 12.0 Å². The largest absolute Gasteiger partial charge is 0.497 e. The number of piperidine rings is 1. The highest BCUT2D eigenvalue weighted by atomic mass is 35.5. The van der Waals surface area contributed by atoms with Crippen molar-refractivity contribution < 1.29 is 9.47 Å². The number of ether oxygens (including phenoxy) is 2. The van der Waals surface area contributed by atoms with Crippen molar-refractivity contribution in [2.75, 3.05) is 25.5 Å². The molecule has 5 rings (SSSR count). The van der Waals surface area contributed by atoms with Gasteiger partial charge in [-0.1, -0.05) is 6.07 Å². The molecule has 2 heterocycles. The molecular weight excluding hydrogens is 398 g/mol. The Morgan fingerprint density at radius 2 is 1.87 bits per heavy atom. The van der Waals surface area contributed by atoms with E-state index in [4.69, 9.17) is 9.47 Å². The van der Waals surface area contributed by atoms with E-state index in [9.17, 15) is 0 Å². The van der Waals surface area contributed by atoms with Gasteiger partial charge in [-0.25, -0.2) is 4.98 Å². The second-order valence-electron chi connectivity index (χ2n) is 7.97. The van der Waals surface area contributed by atoms with Crippen LogP contribution in [0.3, 0.4) is 0 Å². The van der Waals surface area contributed by atoms with Gasteiger partial charge in [0.2, 0.25) is 0 Å². The first-order valence-corrected chi connectivity index (χ1v) is 10.5. The van der Waals surface area contributed by atoms with E-state index in [1.54, 1.807) is 7.11 Å². The Balaban J connectivity index is 0.00000218. The molecule has 0 radical (unpaired) electrons. The van der Waals surface area contributed by atoms with Crippen LogP contribution in [-0.4, -0.2) is 31.3 Å². The van der Waals surface area contributed by atoms with Crippen molar-refractivity contribution in [1.82, 2.24) is 10.3 Å². The van der Waals surface area contributed by atoms with Crippen LogP contribution in [0, 0.1) is 0 Å². The summed E-state index contributed by atoms with van der Waals surface area (Å²) in [5.41, 5.74) is 2.32. The number of hydrogen-bond acceptors (Lipinski definition) is 5. The lowest BCUT2D eigenvalue weighted by molar-refractivity contribution is 0.161. The summed E-state index contributed by atoms with van der Waals surface area (Å²) in [6, 6.07) is 14.4. The molecule has 1 saturated carbocycles. The number of halogens is 1. The highest BCUT2D eigenvalue weighted by Crippen LogP contribution is 2.48. The van der Waals surface area contributed by atoms with E-state index in [2.05, 4.69) is 33.8 Å². The lowest BCUT2D eigenvalue weighted by Crippen LogP contribution is -2.34. The Morgan fingerprint density at radius 3 is 2.63 bits per heavy atom. The number of hydrogen-bond donors (Lipinski definition) is 2. The number of aromatic nitrogens is 1. The van der Waals surface area contributed by atoms with Gasteiger partial charge in [0.15, 0.2) is 0 Å². The van der Waals surface area contributed by atoms with E-state index in [1.165, 1.54) is 29.2 Å². The van der Waals surface area contributed by atoms with Gasteiger partial charge in [-0.2, -0.15) is 0 Å². The molecule has 1 saturated heterocycles. The van der Waals surface area contributed by atoms with E-state index in [-0.39, 0.29) is 12.4 Å². The van der Waals surface area contributed by atoms with Crippen LogP contribution in [0.5, 0.6) is 11.5 Å². The average Bonchev–Trinajstić information content (AvgIpc) is 3.59. The molecule has 30 heavy (non-hydrogen) atoms. The summed E-state index contributed by atoms with van der Waals surface area (Å²) in [5.74, 6) is 3.33. The molecule has 1 aromatic heterocycles. The Kier molecular flexibility index (Phi) is 6.30. The Labute approximate surface area is 183 Å². The van der Waals surface area contributed by atoms with Crippen LogP contribution in [-0.2, 0) is 0 Å². The van der Waals surface area contributed by atoms with E-state index in [0.717, 1.165) is 48.9 Å². The van der Waals surface area contributed by atoms with Gasteiger partial charge in [-0.3, -0.25) is 0 Å². The first-order chi connectivity index (χ1) is 14.3. The van der Waals surface area contributed by atoms with E-state index < -0.39 is 0 Å². The highest BCUT2D eigenvalue weighted by molar-refractivity contribution is 5.90. The zero-order valence-corrected chi connectivity index (χ0v) is 18.0. The van der Waals surface area contributed by atoms with Gasteiger partial charge in [0.25, 0.3) is 0 Å². The van der Waals surface area contributed by atoms with Crippen molar-refractivity contribution in [2.45, 2.75) is 37.7 Å². The Hall–Kier alpha value is -2.50. The van der Waals surface area contributed by atoms with Crippen LogP contribution < -0.4 is 20.1 Å². The summed E-state index contributed by atoms with van der Waals surface area (Å²) in [4.78, 5) is 4.62. The maximum Gasteiger partial charge on any atom is 0.130 e. The molecule has 0 unspecified atom stereocenters.